The van der Waals surface area contributed by atoms with E-state index in [0.717, 1.165) is 26.6 Å². The number of benzene rings is 2. The second-order valence-corrected chi connectivity index (χ2v) is 9.55. The van der Waals surface area contributed by atoms with Crippen molar-refractivity contribution in [3.8, 4) is 5.75 Å². The first-order valence-electron chi connectivity index (χ1n) is 10.0. The Morgan fingerprint density at radius 1 is 1.06 bits per heavy atom. The number of nitrogens with zero attached hydrogens (tertiary/aromatic N) is 2. The van der Waals surface area contributed by atoms with Gasteiger partial charge in [-0.3, -0.25) is 9.29 Å². The molecular weight excluding hydrogens is 415 g/mol. The van der Waals surface area contributed by atoms with Crippen molar-refractivity contribution in [1.82, 2.24) is 4.98 Å². The first kappa shape index (κ1) is 22.7. The molecule has 0 spiro atoms. The van der Waals surface area contributed by atoms with E-state index in [1.807, 2.05) is 45.0 Å². The zero-order valence-electron chi connectivity index (χ0n) is 18.2. The van der Waals surface area contributed by atoms with Crippen LogP contribution in [0.2, 0.25) is 0 Å². The Kier molecular flexibility index (Phi) is 6.95. The van der Waals surface area contributed by atoms with Crippen LogP contribution in [0.25, 0.3) is 0 Å². The Hall–Kier alpha value is -2.93. The maximum absolute atomic E-state index is 14.1. The first-order chi connectivity index (χ1) is 14.7. The third-order valence-electron chi connectivity index (χ3n) is 5.00. The number of aryl methyl sites for hydroxylation is 3. The fraction of sp³-hybridized carbons (Fsp3) is 0.292. The zero-order chi connectivity index (χ0) is 22.6. The lowest BCUT2D eigenvalue weighted by Gasteiger charge is -2.27. The molecule has 164 valence electrons. The van der Waals surface area contributed by atoms with E-state index in [0.29, 0.717) is 11.4 Å². The van der Waals surface area contributed by atoms with Crippen molar-refractivity contribution < 1.29 is 17.5 Å². The van der Waals surface area contributed by atoms with Crippen LogP contribution in [0.5, 0.6) is 5.75 Å². The molecule has 1 atom stereocenters. The summed E-state index contributed by atoms with van der Waals surface area (Å²) in [7, 11) is -4.04. The Labute approximate surface area is 183 Å². The molecule has 2 aromatic carbocycles. The average Bonchev–Trinajstić information content (AvgIpc) is 2.74. The molecule has 3 rings (SSSR count). The van der Waals surface area contributed by atoms with Gasteiger partial charge >= 0.3 is 0 Å². The Bertz CT molecular complexity index is 1130. The molecule has 0 amide bonds. The molecule has 31 heavy (non-hydrogen) atoms. The maximum Gasteiger partial charge on any atom is 0.266 e. The van der Waals surface area contributed by atoms with Gasteiger partial charge < -0.3 is 4.74 Å². The number of pyridine rings is 1. The van der Waals surface area contributed by atoms with E-state index in [9.17, 15) is 12.8 Å². The quantitative estimate of drug-likeness (QED) is 0.485. The Morgan fingerprint density at radius 2 is 1.74 bits per heavy atom. The molecule has 1 aromatic heterocycles. The van der Waals surface area contributed by atoms with Gasteiger partial charge in [0.15, 0.2) is 0 Å². The van der Waals surface area contributed by atoms with Crippen LogP contribution in [0.15, 0.2) is 65.8 Å². The summed E-state index contributed by atoms with van der Waals surface area (Å²) in [4.78, 5) is 3.91. The standard InChI is InChI=1S/C24H27FN2O3S/c1-17-7-9-21(10-8-17)16-30-24-13-19(3)18(2)12-23(24)27(15-20(4)25)31(28,29)22-6-5-11-26-14-22/h5-14,20H,15-16H2,1-4H3/t20-/m0/s1. The minimum Gasteiger partial charge on any atom is -0.487 e. The number of halogens is 1. The van der Waals surface area contributed by atoms with E-state index in [1.165, 1.54) is 25.4 Å². The number of aromatic nitrogens is 1. The molecule has 0 saturated heterocycles. The Balaban J connectivity index is 2.05. The zero-order valence-corrected chi connectivity index (χ0v) is 19.0. The molecule has 0 unspecified atom stereocenters. The highest BCUT2D eigenvalue weighted by molar-refractivity contribution is 7.92. The van der Waals surface area contributed by atoms with E-state index in [-0.39, 0.29) is 18.0 Å². The maximum atomic E-state index is 14.1. The van der Waals surface area contributed by atoms with Crippen LogP contribution in [0, 0.1) is 20.8 Å². The van der Waals surface area contributed by atoms with Gasteiger partial charge in [-0.2, -0.15) is 0 Å². The van der Waals surface area contributed by atoms with E-state index < -0.39 is 16.2 Å². The van der Waals surface area contributed by atoms with Crippen molar-refractivity contribution in [2.45, 2.75) is 45.4 Å². The fourth-order valence-corrected chi connectivity index (χ4v) is 4.61. The van der Waals surface area contributed by atoms with Crippen LogP contribution < -0.4 is 9.04 Å². The van der Waals surface area contributed by atoms with Gasteiger partial charge in [0.25, 0.3) is 10.0 Å². The normalized spacial score (nSPS) is 12.4. The highest BCUT2D eigenvalue weighted by Gasteiger charge is 2.29. The van der Waals surface area contributed by atoms with E-state index >= 15 is 0 Å². The second kappa shape index (κ2) is 9.47. The molecule has 0 fully saturated rings. The van der Waals surface area contributed by atoms with E-state index in [1.54, 1.807) is 18.2 Å². The van der Waals surface area contributed by atoms with Crippen molar-refractivity contribution in [2.75, 3.05) is 10.8 Å². The average molecular weight is 443 g/mol. The van der Waals surface area contributed by atoms with Gasteiger partial charge in [0.05, 0.1) is 12.2 Å². The smallest absolute Gasteiger partial charge is 0.266 e. The number of ether oxygens (including phenoxy) is 1. The van der Waals surface area contributed by atoms with Crippen LogP contribution in [-0.2, 0) is 16.6 Å². The fourth-order valence-electron chi connectivity index (χ4n) is 3.11. The summed E-state index contributed by atoms with van der Waals surface area (Å²) in [5.41, 5.74) is 4.24. The predicted molar refractivity (Wildman–Crippen MR) is 121 cm³/mol. The third-order valence-corrected chi connectivity index (χ3v) is 6.76. The minimum atomic E-state index is -4.04. The lowest BCUT2D eigenvalue weighted by atomic mass is 10.1. The molecule has 0 aliphatic carbocycles. The van der Waals surface area contributed by atoms with Crippen molar-refractivity contribution in [3.05, 3.63) is 83.2 Å². The summed E-state index contributed by atoms with van der Waals surface area (Å²) in [6.45, 7) is 7.08. The lowest BCUT2D eigenvalue weighted by Crippen LogP contribution is -2.36. The van der Waals surface area contributed by atoms with Gasteiger partial charge in [0, 0.05) is 12.4 Å². The highest BCUT2D eigenvalue weighted by atomic mass is 32.2. The minimum absolute atomic E-state index is 0.00152. The molecular formula is C24H27FN2O3S. The highest BCUT2D eigenvalue weighted by Crippen LogP contribution is 2.36. The van der Waals surface area contributed by atoms with Gasteiger partial charge in [-0.05, 0) is 68.7 Å². The van der Waals surface area contributed by atoms with Gasteiger partial charge in [0.2, 0.25) is 0 Å². The molecule has 0 bridgehead atoms. The molecule has 0 saturated carbocycles. The summed E-state index contributed by atoms with van der Waals surface area (Å²) in [5, 5.41) is 0. The van der Waals surface area contributed by atoms with Crippen LogP contribution in [0.4, 0.5) is 10.1 Å². The number of sulfonamides is 1. The summed E-state index contributed by atoms with van der Waals surface area (Å²) >= 11 is 0. The summed E-state index contributed by atoms with van der Waals surface area (Å²) < 4.78 is 48.0. The number of rotatable bonds is 8. The molecule has 3 aromatic rings. The van der Waals surface area contributed by atoms with Crippen molar-refractivity contribution in [2.24, 2.45) is 0 Å². The molecule has 0 N–H and O–H groups in total. The van der Waals surface area contributed by atoms with Gasteiger partial charge in [-0.15, -0.1) is 0 Å². The molecule has 0 aliphatic heterocycles. The predicted octanol–water partition coefficient (Wildman–Crippen LogP) is 5.14. The molecule has 0 aliphatic rings. The topological polar surface area (TPSA) is 59.5 Å². The molecule has 0 radical (unpaired) electrons. The third kappa shape index (κ3) is 5.41. The van der Waals surface area contributed by atoms with Crippen LogP contribution >= 0.6 is 0 Å². The monoisotopic (exact) mass is 442 g/mol. The first-order valence-corrected chi connectivity index (χ1v) is 11.5. The number of hydrogen-bond acceptors (Lipinski definition) is 4. The lowest BCUT2D eigenvalue weighted by molar-refractivity contribution is 0.306. The van der Waals surface area contributed by atoms with Crippen LogP contribution in [0.1, 0.15) is 29.2 Å². The molecule has 5 nitrogen and oxygen atoms in total. The number of hydrogen-bond donors (Lipinski definition) is 0. The summed E-state index contributed by atoms with van der Waals surface area (Å²) in [6.07, 6.45) is 1.38. The van der Waals surface area contributed by atoms with E-state index in [4.69, 9.17) is 4.74 Å². The summed E-state index contributed by atoms with van der Waals surface area (Å²) in [5.74, 6) is 0.386. The van der Waals surface area contributed by atoms with Crippen LogP contribution in [-0.4, -0.2) is 26.1 Å². The SMILES string of the molecule is Cc1ccc(COc2cc(C)c(C)cc2N(C[C@H](C)F)S(=O)(=O)c2cccnc2)cc1. The van der Waals surface area contributed by atoms with E-state index in [2.05, 4.69) is 4.98 Å². The molecule has 7 heteroatoms. The molecule has 1 heterocycles. The van der Waals surface area contributed by atoms with Gasteiger partial charge in [-0.1, -0.05) is 29.8 Å². The number of anilines is 1. The van der Waals surface area contributed by atoms with Crippen LogP contribution in [0.3, 0.4) is 0 Å². The Morgan fingerprint density at radius 3 is 2.35 bits per heavy atom. The largest absolute Gasteiger partial charge is 0.487 e. The second-order valence-electron chi connectivity index (χ2n) is 7.68. The number of alkyl halides is 1. The van der Waals surface area contributed by atoms with Crippen molar-refractivity contribution in [1.29, 1.82) is 0 Å². The van der Waals surface area contributed by atoms with Gasteiger partial charge in [0.1, 0.15) is 23.4 Å². The van der Waals surface area contributed by atoms with Crippen molar-refractivity contribution >= 4 is 15.7 Å². The van der Waals surface area contributed by atoms with Crippen molar-refractivity contribution in [3.63, 3.8) is 0 Å². The summed E-state index contributed by atoms with van der Waals surface area (Å²) in [6, 6.07) is 14.4. The van der Waals surface area contributed by atoms with Gasteiger partial charge in [-0.25, -0.2) is 12.8 Å².